The number of nitrogens with zero attached hydrogens (tertiary/aromatic N) is 4. The van der Waals surface area contributed by atoms with Crippen LogP contribution in [0.15, 0.2) is 54.7 Å². The molecule has 0 bridgehead atoms. The number of anilines is 1. The predicted octanol–water partition coefficient (Wildman–Crippen LogP) is 5.48. The highest BCUT2D eigenvalue weighted by Crippen LogP contribution is 2.25. The SMILES string of the molecule is Cc1nn(Cc2c(F)cccc2Cl)c(C)c1NC(=O)c1ccnn1COc1ccc(Cl)cc1. The molecule has 4 aromatic rings. The van der Waals surface area contributed by atoms with Gasteiger partial charge in [-0.05, 0) is 56.3 Å². The second-order valence-electron chi connectivity index (χ2n) is 7.30. The van der Waals surface area contributed by atoms with Gasteiger partial charge in [0.05, 0.1) is 23.6 Å². The van der Waals surface area contributed by atoms with Gasteiger partial charge in [-0.3, -0.25) is 9.48 Å². The number of carbonyl (C=O) groups is 1. The highest BCUT2D eigenvalue weighted by atomic mass is 35.5. The topological polar surface area (TPSA) is 74.0 Å². The summed E-state index contributed by atoms with van der Waals surface area (Å²) in [6.07, 6.45) is 1.52. The Morgan fingerprint density at radius 1 is 1.09 bits per heavy atom. The number of aromatic nitrogens is 4. The Morgan fingerprint density at radius 2 is 1.85 bits per heavy atom. The van der Waals surface area contributed by atoms with E-state index in [0.717, 1.165) is 0 Å². The fourth-order valence-corrected chi connectivity index (χ4v) is 3.69. The molecule has 0 saturated carbocycles. The van der Waals surface area contributed by atoms with Gasteiger partial charge in [0.2, 0.25) is 0 Å². The second-order valence-corrected chi connectivity index (χ2v) is 8.14. The van der Waals surface area contributed by atoms with E-state index < -0.39 is 5.82 Å². The average molecular weight is 488 g/mol. The molecule has 0 atom stereocenters. The Hall–Kier alpha value is -3.36. The number of benzene rings is 2. The third-order valence-electron chi connectivity index (χ3n) is 5.11. The molecule has 0 aliphatic heterocycles. The number of hydrogen-bond acceptors (Lipinski definition) is 4. The monoisotopic (exact) mass is 487 g/mol. The van der Waals surface area contributed by atoms with Crippen molar-refractivity contribution in [2.24, 2.45) is 0 Å². The lowest BCUT2D eigenvalue weighted by molar-refractivity contribution is 0.100. The van der Waals surface area contributed by atoms with E-state index in [9.17, 15) is 9.18 Å². The van der Waals surface area contributed by atoms with Crippen molar-refractivity contribution in [1.29, 1.82) is 0 Å². The minimum Gasteiger partial charge on any atom is -0.471 e. The molecule has 0 aliphatic rings. The van der Waals surface area contributed by atoms with Crippen molar-refractivity contribution in [3.63, 3.8) is 0 Å². The zero-order valence-corrected chi connectivity index (χ0v) is 19.4. The minimum atomic E-state index is -0.412. The van der Waals surface area contributed by atoms with E-state index in [0.29, 0.717) is 44.1 Å². The van der Waals surface area contributed by atoms with Crippen molar-refractivity contribution in [3.8, 4) is 5.75 Å². The van der Waals surface area contributed by atoms with Crippen molar-refractivity contribution in [3.05, 3.63) is 93.2 Å². The van der Waals surface area contributed by atoms with E-state index >= 15 is 0 Å². The van der Waals surface area contributed by atoms with E-state index in [1.165, 1.54) is 16.9 Å². The Balaban J connectivity index is 1.49. The van der Waals surface area contributed by atoms with Gasteiger partial charge >= 0.3 is 0 Å². The summed E-state index contributed by atoms with van der Waals surface area (Å²) in [6, 6.07) is 13.0. The summed E-state index contributed by atoms with van der Waals surface area (Å²) >= 11 is 12.0. The molecule has 0 radical (unpaired) electrons. The molecule has 2 aromatic heterocycles. The van der Waals surface area contributed by atoms with Gasteiger partial charge in [-0.25, -0.2) is 9.07 Å². The van der Waals surface area contributed by atoms with Gasteiger partial charge in [0, 0.05) is 21.8 Å². The van der Waals surface area contributed by atoms with E-state index in [-0.39, 0.29) is 19.2 Å². The summed E-state index contributed by atoms with van der Waals surface area (Å²) in [5.41, 5.74) is 2.45. The van der Waals surface area contributed by atoms with Gasteiger partial charge in [-0.1, -0.05) is 29.3 Å². The van der Waals surface area contributed by atoms with Gasteiger partial charge < -0.3 is 10.1 Å². The summed E-state index contributed by atoms with van der Waals surface area (Å²) < 4.78 is 22.9. The lowest BCUT2D eigenvalue weighted by Crippen LogP contribution is -2.20. The summed E-state index contributed by atoms with van der Waals surface area (Å²) in [5, 5.41) is 12.4. The van der Waals surface area contributed by atoms with E-state index in [4.69, 9.17) is 27.9 Å². The first kappa shape index (κ1) is 22.8. The molecule has 0 unspecified atom stereocenters. The minimum absolute atomic E-state index is 0.0421. The average Bonchev–Trinajstić information content (AvgIpc) is 3.36. The first-order valence-electron chi connectivity index (χ1n) is 10.0. The number of halogens is 3. The van der Waals surface area contributed by atoms with Gasteiger partial charge in [0.15, 0.2) is 6.73 Å². The molecule has 1 N–H and O–H groups in total. The predicted molar refractivity (Wildman–Crippen MR) is 124 cm³/mol. The molecule has 1 amide bonds. The van der Waals surface area contributed by atoms with Gasteiger partial charge in [0.25, 0.3) is 5.91 Å². The Morgan fingerprint density at radius 3 is 2.58 bits per heavy atom. The lowest BCUT2D eigenvalue weighted by atomic mass is 10.2. The van der Waals surface area contributed by atoms with Crippen LogP contribution in [0.3, 0.4) is 0 Å². The number of rotatable bonds is 7. The molecule has 0 aliphatic carbocycles. The van der Waals surface area contributed by atoms with Crippen LogP contribution in [0, 0.1) is 19.7 Å². The fraction of sp³-hybridized carbons (Fsp3) is 0.174. The van der Waals surface area contributed by atoms with Crippen molar-refractivity contribution in [1.82, 2.24) is 19.6 Å². The molecule has 0 saturated heterocycles. The smallest absolute Gasteiger partial charge is 0.274 e. The molecule has 170 valence electrons. The van der Waals surface area contributed by atoms with Crippen LogP contribution in [0.5, 0.6) is 5.75 Å². The normalized spacial score (nSPS) is 10.9. The van der Waals surface area contributed by atoms with Gasteiger partial charge in [-0.2, -0.15) is 10.2 Å². The largest absolute Gasteiger partial charge is 0.471 e. The number of nitrogens with one attached hydrogen (secondary N) is 1. The van der Waals surface area contributed by atoms with Crippen LogP contribution >= 0.6 is 23.2 Å². The van der Waals surface area contributed by atoms with Crippen LogP contribution in [0.1, 0.15) is 27.4 Å². The van der Waals surface area contributed by atoms with Crippen LogP contribution in [0.25, 0.3) is 0 Å². The first-order valence-corrected chi connectivity index (χ1v) is 10.8. The van der Waals surface area contributed by atoms with Crippen LogP contribution in [0.4, 0.5) is 10.1 Å². The maximum atomic E-state index is 14.2. The number of amides is 1. The van der Waals surface area contributed by atoms with Crippen molar-refractivity contribution >= 4 is 34.8 Å². The van der Waals surface area contributed by atoms with Crippen molar-refractivity contribution in [2.75, 3.05) is 5.32 Å². The fourth-order valence-electron chi connectivity index (χ4n) is 3.34. The molecule has 2 aromatic carbocycles. The zero-order chi connectivity index (χ0) is 23.5. The summed E-state index contributed by atoms with van der Waals surface area (Å²) in [7, 11) is 0. The zero-order valence-electron chi connectivity index (χ0n) is 17.8. The Bertz CT molecular complexity index is 1280. The highest BCUT2D eigenvalue weighted by molar-refractivity contribution is 6.31. The van der Waals surface area contributed by atoms with Gasteiger partial charge in [-0.15, -0.1) is 0 Å². The Labute approximate surface area is 199 Å². The maximum absolute atomic E-state index is 14.2. The van der Waals surface area contributed by atoms with Crippen molar-refractivity contribution < 1.29 is 13.9 Å². The lowest BCUT2D eigenvalue weighted by Gasteiger charge is -2.11. The molecule has 0 fully saturated rings. The number of aryl methyl sites for hydroxylation is 1. The number of ether oxygens (including phenoxy) is 1. The molecular formula is C23H20Cl2FN5O2. The van der Waals surface area contributed by atoms with Crippen LogP contribution in [0.2, 0.25) is 10.0 Å². The molecule has 4 rings (SSSR count). The molecule has 10 heteroatoms. The number of carbonyl (C=O) groups excluding carboxylic acids is 1. The molecule has 33 heavy (non-hydrogen) atoms. The van der Waals surface area contributed by atoms with Crippen LogP contribution in [-0.4, -0.2) is 25.5 Å². The standard InChI is InChI=1S/C23H20Cl2FN5O2/c1-14-22(15(2)30(29-14)12-18-19(25)4-3-5-20(18)26)28-23(32)21-10-11-27-31(21)13-33-17-8-6-16(24)7-9-17/h3-11H,12-13H2,1-2H3,(H,28,32). The molecule has 0 spiro atoms. The van der Waals surface area contributed by atoms with E-state index in [2.05, 4.69) is 15.5 Å². The third kappa shape index (κ3) is 5.02. The molecular weight excluding hydrogens is 468 g/mol. The van der Waals surface area contributed by atoms with Gasteiger partial charge in [0.1, 0.15) is 17.3 Å². The van der Waals surface area contributed by atoms with E-state index in [1.54, 1.807) is 61.0 Å². The first-order chi connectivity index (χ1) is 15.8. The summed E-state index contributed by atoms with van der Waals surface area (Å²) in [6.45, 7) is 3.75. The molecule has 2 heterocycles. The summed E-state index contributed by atoms with van der Waals surface area (Å²) in [5.74, 6) is -0.187. The quantitative estimate of drug-likeness (QED) is 0.374. The van der Waals surface area contributed by atoms with Crippen LogP contribution in [-0.2, 0) is 13.3 Å². The van der Waals surface area contributed by atoms with Crippen LogP contribution < -0.4 is 10.1 Å². The highest BCUT2D eigenvalue weighted by Gasteiger charge is 2.19. The second kappa shape index (κ2) is 9.64. The third-order valence-corrected chi connectivity index (χ3v) is 5.71. The van der Waals surface area contributed by atoms with Crippen molar-refractivity contribution in [2.45, 2.75) is 27.1 Å². The maximum Gasteiger partial charge on any atom is 0.274 e. The van der Waals surface area contributed by atoms with E-state index in [1.807, 2.05) is 0 Å². The summed E-state index contributed by atoms with van der Waals surface area (Å²) in [4.78, 5) is 13.0. The Kier molecular flexibility index (Phi) is 6.67. The number of hydrogen-bond donors (Lipinski definition) is 1. The molecule has 7 nitrogen and oxygen atoms in total.